The van der Waals surface area contributed by atoms with Crippen LogP contribution in [0.2, 0.25) is 0 Å². The molecule has 0 unspecified atom stereocenters. The van der Waals surface area contributed by atoms with Crippen LogP contribution in [0.25, 0.3) is 11.4 Å². The molecule has 0 saturated carbocycles. The van der Waals surface area contributed by atoms with Gasteiger partial charge in [0.15, 0.2) is 11.0 Å². The summed E-state index contributed by atoms with van der Waals surface area (Å²) in [5.41, 5.74) is 4.58. The van der Waals surface area contributed by atoms with E-state index in [1.807, 2.05) is 67.8 Å². The van der Waals surface area contributed by atoms with E-state index in [4.69, 9.17) is 0 Å². The van der Waals surface area contributed by atoms with Gasteiger partial charge in [-0.25, -0.2) is 0 Å². The molecule has 0 fully saturated rings. The molecule has 1 aromatic heterocycles. The molecule has 0 aliphatic heterocycles. The van der Waals surface area contributed by atoms with E-state index in [0.29, 0.717) is 11.7 Å². The van der Waals surface area contributed by atoms with Crippen LogP contribution in [0.3, 0.4) is 0 Å². The second kappa shape index (κ2) is 9.58. The first-order chi connectivity index (χ1) is 14.4. The summed E-state index contributed by atoms with van der Waals surface area (Å²) < 4.78 is 1.98. The van der Waals surface area contributed by atoms with Gasteiger partial charge >= 0.3 is 0 Å². The quantitative estimate of drug-likeness (QED) is 0.554. The Balaban J connectivity index is 1.69. The number of nitrogens with zero attached hydrogens (tertiary/aromatic N) is 3. The first kappa shape index (κ1) is 21.6. The number of aryl methyl sites for hydroxylation is 2. The predicted octanol–water partition coefficient (Wildman–Crippen LogP) is 4.27. The molecule has 0 saturated heterocycles. The Kier molecular flexibility index (Phi) is 6.89. The third kappa shape index (κ3) is 5.27. The number of hydrogen-bond donors (Lipinski definition) is 2. The van der Waals surface area contributed by atoms with Crippen molar-refractivity contribution in [2.75, 3.05) is 16.4 Å². The van der Waals surface area contributed by atoms with Crippen molar-refractivity contribution in [3.05, 3.63) is 53.6 Å². The van der Waals surface area contributed by atoms with Crippen molar-refractivity contribution >= 4 is 35.0 Å². The molecule has 2 amide bonds. The number of hydrogen-bond acceptors (Lipinski definition) is 5. The molecule has 0 atom stereocenters. The number of thioether (sulfide) groups is 1. The van der Waals surface area contributed by atoms with E-state index in [-0.39, 0.29) is 17.6 Å². The van der Waals surface area contributed by atoms with Gasteiger partial charge in [0.25, 0.3) is 0 Å². The van der Waals surface area contributed by atoms with E-state index in [0.717, 1.165) is 33.9 Å². The normalized spacial score (nSPS) is 10.7. The van der Waals surface area contributed by atoms with Crippen molar-refractivity contribution in [2.45, 2.75) is 39.4 Å². The van der Waals surface area contributed by atoms with E-state index >= 15 is 0 Å². The largest absolute Gasteiger partial charge is 0.326 e. The molecule has 156 valence electrons. The third-order valence-electron chi connectivity index (χ3n) is 4.50. The SMILES string of the molecule is CCn1c(SCC(=O)Nc2cc(C)ccc2C)nnc1-c1ccc(NC(C)=O)cc1. The van der Waals surface area contributed by atoms with Gasteiger partial charge in [-0.05, 0) is 62.2 Å². The lowest BCUT2D eigenvalue weighted by molar-refractivity contribution is -0.114. The van der Waals surface area contributed by atoms with Crippen molar-refractivity contribution in [1.29, 1.82) is 0 Å². The van der Waals surface area contributed by atoms with Crippen LogP contribution in [0.4, 0.5) is 11.4 Å². The Morgan fingerprint density at radius 1 is 1.03 bits per heavy atom. The molecule has 2 N–H and O–H groups in total. The second-order valence-corrected chi connectivity index (χ2v) is 7.91. The average molecular weight is 424 g/mol. The maximum Gasteiger partial charge on any atom is 0.234 e. The number of carbonyl (C=O) groups excluding carboxylic acids is 2. The zero-order chi connectivity index (χ0) is 21.7. The highest BCUT2D eigenvalue weighted by Gasteiger charge is 2.15. The van der Waals surface area contributed by atoms with Gasteiger partial charge in [0.2, 0.25) is 11.8 Å². The van der Waals surface area contributed by atoms with Gasteiger partial charge < -0.3 is 15.2 Å². The van der Waals surface area contributed by atoms with Crippen LogP contribution >= 0.6 is 11.8 Å². The Labute approximate surface area is 180 Å². The number of rotatable bonds is 7. The molecule has 7 nitrogen and oxygen atoms in total. The number of nitrogens with one attached hydrogen (secondary N) is 2. The monoisotopic (exact) mass is 423 g/mol. The highest BCUT2D eigenvalue weighted by Crippen LogP contribution is 2.25. The topological polar surface area (TPSA) is 88.9 Å². The summed E-state index contributed by atoms with van der Waals surface area (Å²) in [5, 5.41) is 15.0. The lowest BCUT2D eigenvalue weighted by Crippen LogP contribution is -2.15. The lowest BCUT2D eigenvalue weighted by atomic mass is 10.1. The fraction of sp³-hybridized carbons (Fsp3) is 0.273. The van der Waals surface area contributed by atoms with Crippen molar-refractivity contribution < 1.29 is 9.59 Å². The third-order valence-corrected chi connectivity index (χ3v) is 5.46. The first-order valence-electron chi connectivity index (χ1n) is 9.68. The summed E-state index contributed by atoms with van der Waals surface area (Å²) >= 11 is 1.36. The van der Waals surface area contributed by atoms with Crippen LogP contribution in [0.15, 0.2) is 47.6 Å². The van der Waals surface area contributed by atoms with E-state index in [1.165, 1.54) is 18.7 Å². The number of amides is 2. The Hall–Kier alpha value is -3.13. The Bertz CT molecular complexity index is 1060. The van der Waals surface area contributed by atoms with Gasteiger partial charge in [-0.1, -0.05) is 23.9 Å². The van der Waals surface area contributed by atoms with Crippen LogP contribution in [-0.4, -0.2) is 32.3 Å². The minimum atomic E-state index is -0.114. The molecule has 0 aliphatic rings. The van der Waals surface area contributed by atoms with Crippen LogP contribution in [-0.2, 0) is 16.1 Å². The molecular weight excluding hydrogens is 398 g/mol. The molecule has 2 aromatic carbocycles. The number of aromatic nitrogens is 3. The van der Waals surface area contributed by atoms with E-state index in [9.17, 15) is 9.59 Å². The molecule has 30 heavy (non-hydrogen) atoms. The summed E-state index contributed by atoms with van der Waals surface area (Å²) in [7, 11) is 0. The molecule has 0 bridgehead atoms. The maximum atomic E-state index is 12.4. The summed E-state index contributed by atoms with van der Waals surface area (Å²) in [5.74, 6) is 0.773. The highest BCUT2D eigenvalue weighted by atomic mass is 32.2. The molecule has 1 heterocycles. The number of carbonyl (C=O) groups is 2. The highest BCUT2D eigenvalue weighted by molar-refractivity contribution is 7.99. The summed E-state index contributed by atoms with van der Waals surface area (Å²) in [6, 6.07) is 13.4. The molecule has 0 spiro atoms. The fourth-order valence-corrected chi connectivity index (χ4v) is 3.79. The molecule has 3 rings (SSSR count). The molecule has 0 aliphatic carbocycles. The van der Waals surface area contributed by atoms with Crippen molar-refractivity contribution in [2.24, 2.45) is 0 Å². The minimum absolute atomic E-state index is 0.0828. The van der Waals surface area contributed by atoms with E-state index < -0.39 is 0 Å². The second-order valence-electron chi connectivity index (χ2n) is 6.96. The molecular formula is C22H25N5O2S. The molecule has 0 radical (unpaired) electrons. The number of anilines is 2. The predicted molar refractivity (Wildman–Crippen MR) is 121 cm³/mol. The summed E-state index contributed by atoms with van der Waals surface area (Å²) in [6.45, 7) is 8.13. The van der Waals surface area contributed by atoms with Crippen molar-refractivity contribution in [3.8, 4) is 11.4 Å². The standard InChI is InChI=1S/C22H25N5O2S/c1-5-27-21(17-8-10-18(11-9-17)23-16(4)28)25-26-22(27)30-13-20(29)24-19-12-14(2)6-7-15(19)3/h6-12H,5,13H2,1-4H3,(H,23,28)(H,24,29). The Morgan fingerprint density at radius 2 is 1.77 bits per heavy atom. The minimum Gasteiger partial charge on any atom is -0.326 e. The maximum absolute atomic E-state index is 12.4. The number of benzene rings is 2. The average Bonchev–Trinajstić information content (AvgIpc) is 3.12. The van der Waals surface area contributed by atoms with Gasteiger partial charge in [-0.3, -0.25) is 9.59 Å². The summed E-state index contributed by atoms with van der Waals surface area (Å²) in [4.78, 5) is 23.6. The van der Waals surface area contributed by atoms with Crippen LogP contribution in [0, 0.1) is 13.8 Å². The van der Waals surface area contributed by atoms with Gasteiger partial charge in [-0.15, -0.1) is 10.2 Å². The van der Waals surface area contributed by atoms with Gasteiger partial charge in [0.1, 0.15) is 0 Å². The Morgan fingerprint density at radius 3 is 2.43 bits per heavy atom. The van der Waals surface area contributed by atoms with Crippen LogP contribution in [0.1, 0.15) is 25.0 Å². The summed E-state index contributed by atoms with van der Waals surface area (Å²) in [6.07, 6.45) is 0. The fourth-order valence-electron chi connectivity index (χ4n) is 2.99. The van der Waals surface area contributed by atoms with Gasteiger partial charge in [-0.2, -0.15) is 0 Å². The van der Waals surface area contributed by atoms with Crippen molar-refractivity contribution in [1.82, 2.24) is 14.8 Å². The van der Waals surface area contributed by atoms with Crippen LogP contribution in [0.5, 0.6) is 0 Å². The van der Waals surface area contributed by atoms with Crippen LogP contribution < -0.4 is 10.6 Å². The molecule has 8 heteroatoms. The molecule has 3 aromatic rings. The zero-order valence-electron chi connectivity index (χ0n) is 17.5. The zero-order valence-corrected chi connectivity index (χ0v) is 18.3. The first-order valence-corrected chi connectivity index (χ1v) is 10.7. The van der Waals surface area contributed by atoms with Gasteiger partial charge in [0.05, 0.1) is 5.75 Å². The van der Waals surface area contributed by atoms with E-state index in [1.54, 1.807) is 0 Å². The smallest absolute Gasteiger partial charge is 0.234 e. The lowest BCUT2D eigenvalue weighted by Gasteiger charge is -2.10. The van der Waals surface area contributed by atoms with Crippen molar-refractivity contribution in [3.63, 3.8) is 0 Å². The van der Waals surface area contributed by atoms with Gasteiger partial charge in [0, 0.05) is 30.4 Å². The van der Waals surface area contributed by atoms with E-state index in [2.05, 4.69) is 20.8 Å².